The van der Waals surface area contributed by atoms with Gasteiger partial charge in [-0.1, -0.05) is 11.6 Å². The average molecular weight is 653 g/mol. The normalized spacial score (nSPS) is 22.7. The number of oxime groups is 1. The Morgan fingerprint density at radius 3 is 2.57 bits per heavy atom. The fourth-order valence-corrected chi connectivity index (χ4v) is 6.93. The molecule has 3 aliphatic heterocycles. The molecule has 44 heavy (non-hydrogen) atoms. The van der Waals surface area contributed by atoms with Crippen LogP contribution in [0.1, 0.15) is 51.1 Å². The van der Waals surface area contributed by atoms with Crippen LogP contribution in [0.5, 0.6) is 0 Å². The first kappa shape index (κ1) is 31.4. The molecular formula is C26H32N6O10S2. The summed E-state index contributed by atoms with van der Waals surface area (Å²) in [6, 6.07) is -1.09. The highest BCUT2D eigenvalue weighted by Crippen LogP contribution is 2.41. The first-order valence-corrected chi connectivity index (χ1v) is 16.0. The number of fused-ring (bicyclic) bond motifs is 1. The molecule has 1 saturated carbocycles. The second-order valence-corrected chi connectivity index (χ2v) is 12.4. The number of carbonyl (C=O) groups excluding carboxylic acids is 5. The Balaban J connectivity index is 1.27. The summed E-state index contributed by atoms with van der Waals surface area (Å²) in [6.45, 7) is 2.18. The Bertz CT molecular complexity index is 1370. The zero-order valence-electron chi connectivity index (χ0n) is 23.8. The van der Waals surface area contributed by atoms with Crippen LogP contribution in [0.4, 0.5) is 14.7 Å². The number of esters is 1. The number of nitrogen functional groups attached to an aromatic ring is 1. The summed E-state index contributed by atoms with van der Waals surface area (Å²) in [7, 11) is 0. The van der Waals surface area contributed by atoms with Crippen LogP contribution in [-0.4, -0.2) is 105 Å². The van der Waals surface area contributed by atoms with Crippen LogP contribution in [0.2, 0.25) is 0 Å². The van der Waals surface area contributed by atoms with Gasteiger partial charge in [-0.25, -0.2) is 19.4 Å². The van der Waals surface area contributed by atoms with Crippen LogP contribution in [0.3, 0.4) is 0 Å². The van der Waals surface area contributed by atoms with Crippen molar-refractivity contribution in [1.82, 2.24) is 20.1 Å². The molecule has 1 aromatic heterocycles. The number of hydrogen-bond donors (Lipinski definition) is 3. The van der Waals surface area contributed by atoms with Crippen LogP contribution >= 0.6 is 23.1 Å². The summed E-state index contributed by atoms with van der Waals surface area (Å²) in [5.41, 5.74) is 5.32. The highest BCUT2D eigenvalue weighted by molar-refractivity contribution is 8.00. The molecule has 3 atom stereocenters. The first-order chi connectivity index (χ1) is 21.2. The van der Waals surface area contributed by atoms with Gasteiger partial charge in [0.2, 0.25) is 6.29 Å². The van der Waals surface area contributed by atoms with Gasteiger partial charge in [0.25, 0.3) is 11.8 Å². The summed E-state index contributed by atoms with van der Waals surface area (Å²) in [5.74, 6) is -2.37. The van der Waals surface area contributed by atoms with Crippen LogP contribution in [0.15, 0.2) is 21.8 Å². The second kappa shape index (κ2) is 13.7. The maximum Gasteiger partial charge on any atom is 0.511 e. The fourth-order valence-electron chi connectivity index (χ4n) is 5.05. The topological polar surface area (TPSA) is 212 Å². The summed E-state index contributed by atoms with van der Waals surface area (Å²) in [5, 5.41) is 15.8. The first-order valence-electron chi connectivity index (χ1n) is 14.1. The number of nitrogens with two attached hydrogens (primary N) is 1. The number of nitrogens with one attached hydrogen (secondary N) is 1. The van der Waals surface area contributed by atoms with E-state index in [1.54, 1.807) is 0 Å². The Morgan fingerprint density at radius 2 is 1.93 bits per heavy atom. The number of carbonyl (C=O) groups is 5. The molecule has 3 unspecified atom stereocenters. The zero-order valence-corrected chi connectivity index (χ0v) is 25.4. The van der Waals surface area contributed by atoms with Gasteiger partial charge < -0.3 is 40.1 Å². The molecule has 4 N–H and O–H groups in total. The number of thioether (sulfide) groups is 1. The molecule has 3 fully saturated rings. The average Bonchev–Trinajstić information content (AvgIpc) is 3.39. The highest BCUT2D eigenvalue weighted by atomic mass is 32.2. The van der Waals surface area contributed by atoms with Crippen molar-refractivity contribution < 1.29 is 48.1 Å². The predicted molar refractivity (Wildman–Crippen MR) is 154 cm³/mol. The minimum absolute atomic E-state index is 0.0268. The monoisotopic (exact) mass is 652 g/mol. The Morgan fingerprint density at radius 1 is 1.18 bits per heavy atom. The van der Waals surface area contributed by atoms with E-state index in [4.69, 9.17) is 24.7 Å². The second-order valence-electron chi connectivity index (χ2n) is 10.4. The molecule has 238 valence electrons. The number of β-lactam (4-membered cyclic amide) rings is 1. The van der Waals surface area contributed by atoms with E-state index in [1.807, 2.05) is 0 Å². The number of thiazole rings is 1. The Hall–Kier alpha value is -4.06. The van der Waals surface area contributed by atoms with E-state index in [0.717, 1.165) is 54.8 Å². The minimum Gasteiger partial charge on any atom is -0.445 e. The molecule has 2 saturated heterocycles. The quantitative estimate of drug-likeness (QED) is 0.0661. The third kappa shape index (κ3) is 6.85. The molecule has 18 heteroatoms. The van der Waals surface area contributed by atoms with Crippen LogP contribution < -0.4 is 11.1 Å². The van der Waals surface area contributed by atoms with Gasteiger partial charge in [-0.3, -0.25) is 14.5 Å². The summed E-state index contributed by atoms with van der Waals surface area (Å²) < 4.78 is 21.2. The van der Waals surface area contributed by atoms with E-state index >= 15 is 0 Å². The van der Waals surface area contributed by atoms with Crippen molar-refractivity contribution in [2.24, 2.45) is 5.16 Å². The molecule has 0 bridgehead atoms. The molecule has 16 nitrogen and oxygen atoms in total. The molecule has 0 radical (unpaired) electrons. The lowest BCUT2D eigenvalue weighted by Crippen LogP contribution is -2.71. The van der Waals surface area contributed by atoms with Gasteiger partial charge in [0.15, 0.2) is 10.8 Å². The van der Waals surface area contributed by atoms with Gasteiger partial charge in [-0.15, -0.1) is 23.1 Å². The molecular weight excluding hydrogens is 620 g/mol. The lowest BCUT2D eigenvalue weighted by molar-refractivity contribution is -0.170. The fraction of sp³-hybridized carbons (Fsp3) is 0.577. The maximum absolute atomic E-state index is 13.4. The molecule has 3 amide bonds. The molecule has 4 heterocycles. The van der Waals surface area contributed by atoms with Crippen LogP contribution in [0, 0.1) is 0 Å². The minimum atomic E-state index is -1.36. The lowest BCUT2D eigenvalue weighted by Gasteiger charge is -2.49. The van der Waals surface area contributed by atoms with Crippen molar-refractivity contribution in [3.63, 3.8) is 0 Å². The van der Waals surface area contributed by atoms with Gasteiger partial charge in [-0.05, 0) is 32.1 Å². The standard InChI is InChI=1S/C26H32N6O10S2/c1-13(41-26(37)42-15-6-3-2-4-7-15)40-23(35)19-14(10-39-25(36)31-8-5-9-31)11-43-22-18(21(34)32(19)22)29-20(33)17(30-38)16-12-44-24(27)28-16/h12-13,15,18,22,38H,2-11H2,1H3,(H2,27,28)(H,29,33)/b30-17-. The van der Waals surface area contributed by atoms with Gasteiger partial charge in [0.1, 0.15) is 35.5 Å². The van der Waals surface area contributed by atoms with E-state index in [-0.39, 0.29) is 35.0 Å². The third-order valence-corrected chi connectivity index (χ3v) is 9.45. The number of amides is 3. The van der Waals surface area contributed by atoms with Crippen molar-refractivity contribution in [2.75, 3.05) is 31.2 Å². The molecule has 4 aliphatic rings. The van der Waals surface area contributed by atoms with Crippen LogP contribution in [0.25, 0.3) is 0 Å². The number of ether oxygens (including phenoxy) is 4. The van der Waals surface area contributed by atoms with Crippen molar-refractivity contribution in [3.8, 4) is 0 Å². The van der Waals surface area contributed by atoms with Gasteiger partial charge >= 0.3 is 18.2 Å². The van der Waals surface area contributed by atoms with E-state index in [2.05, 4.69) is 15.5 Å². The summed E-state index contributed by atoms with van der Waals surface area (Å²) in [6.07, 6.45) is 2.14. The van der Waals surface area contributed by atoms with Gasteiger partial charge in [0.05, 0.1) is 0 Å². The van der Waals surface area contributed by atoms with Crippen molar-refractivity contribution in [2.45, 2.75) is 69.3 Å². The Kier molecular flexibility index (Phi) is 9.77. The number of rotatable bonds is 9. The number of hydrogen-bond acceptors (Lipinski definition) is 15. The van der Waals surface area contributed by atoms with Gasteiger partial charge in [0, 0.05) is 36.7 Å². The van der Waals surface area contributed by atoms with E-state index in [0.29, 0.717) is 18.7 Å². The lowest BCUT2D eigenvalue weighted by atomic mass is 9.98. The maximum atomic E-state index is 13.4. The molecule has 0 spiro atoms. The smallest absolute Gasteiger partial charge is 0.445 e. The van der Waals surface area contributed by atoms with Gasteiger partial charge in [-0.2, -0.15) is 0 Å². The number of nitrogens with zero attached hydrogens (tertiary/aromatic N) is 4. The predicted octanol–water partition coefficient (Wildman–Crippen LogP) is 1.78. The highest BCUT2D eigenvalue weighted by Gasteiger charge is 2.55. The number of aromatic nitrogens is 1. The van der Waals surface area contributed by atoms with Crippen molar-refractivity contribution in [3.05, 3.63) is 22.3 Å². The summed E-state index contributed by atoms with van der Waals surface area (Å²) in [4.78, 5) is 70.8. The molecule has 1 aromatic rings. The molecule has 0 aromatic carbocycles. The number of likely N-dealkylation sites (tertiary alicyclic amines) is 1. The Labute approximate surface area is 259 Å². The number of anilines is 1. The van der Waals surface area contributed by atoms with E-state index in [9.17, 15) is 29.2 Å². The van der Waals surface area contributed by atoms with E-state index in [1.165, 1.54) is 29.0 Å². The third-order valence-electron chi connectivity index (χ3n) is 7.44. The van der Waals surface area contributed by atoms with Crippen LogP contribution in [-0.2, 0) is 33.3 Å². The molecule has 1 aliphatic carbocycles. The summed E-state index contributed by atoms with van der Waals surface area (Å²) >= 11 is 2.26. The SMILES string of the molecule is CC(OC(=O)OC1CCCCC1)OC(=O)C1=C(COC(=O)N2CCC2)CSC2C(NC(=O)/C(=N\O)c3csc(N)n3)C(=O)N12. The largest absolute Gasteiger partial charge is 0.511 e. The van der Waals surface area contributed by atoms with Crippen molar-refractivity contribution >= 4 is 64.0 Å². The zero-order chi connectivity index (χ0) is 31.4. The van der Waals surface area contributed by atoms with Crippen molar-refractivity contribution in [1.29, 1.82) is 0 Å². The molecule has 5 rings (SSSR count). The van der Waals surface area contributed by atoms with E-state index < -0.39 is 53.4 Å².